The van der Waals surface area contributed by atoms with Gasteiger partial charge in [-0.15, -0.1) is 11.3 Å². The Morgan fingerprint density at radius 2 is 2.17 bits per heavy atom. The summed E-state index contributed by atoms with van der Waals surface area (Å²) in [5, 5.41) is 3.53. The summed E-state index contributed by atoms with van der Waals surface area (Å²) >= 11 is 1.95. The van der Waals surface area contributed by atoms with Gasteiger partial charge in [0.2, 0.25) is 0 Å². The molecule has 0 radical (unpaired) electrons. The van der Waals surface area contributed by atoms with Gasteiger partial charge >= 0.3 is 0 Å². The van der Waals surface area contributed by atoms with Crippen LogP contribution in [0.4, 0.5) is 0 Å². The maximum atomic E-state index is 4.13. The van der Waals surface area contributed by atoms with Gasteiger partial charge in [-0.2, -0.15) is 0 Å². The van der Waals surface area contributed by atoms with E-state index in [1.807, 2.05) is 23.7 Å². The second kappa shape index (κ2) is 5.16. The standard InChI is InChI=1S/C14H17N3S/c1-2-17-14(11-7-15-9-16-8-11)13-6-10-4-3-5-12(10)18-13/h6-9,14,17H,2-5H2,1H3. The van der Waals surface area contributed by atoms with Crippen LogP contribution in [0.15, 0.2) is 24.8 Å². The van der Waals surface area contributed by atoms with E-state index in [1.165, 1.54) is 24.1 Å². The molecule has 3 nitrogen and oxygen atoms in total. The Morgan fingerprint density at radius 3 is 2.89 bits per heavy atom. The van der Waals surface area contributed by atoms with Crippen molar-refractivity contribution in [2.45, 2.75) is 32.2 Å². The van der Waals surface area contributed by atoms with Crippen molar-refractivity contribution in [3.63, 3.8) is 0 Å². The predicted octanol–water partition coefficient (Wildman–Crippen LogP) is 2.73. The Bertz CT molecular complexity index is 500. The van der Waals surface area contributed by atoms with E-state index in [-0.39, 0.29) is 6.04 Å². The summed E-state index contributed by atoms with van der Waals surface area (Å²) in [6.45, 7) is 3.08. The van der Waals surface area contributed by atoms with Gasteiger partial charge in [-0.05, 0) is 37.4 Å². The fraction of sp³-hybridized carbons (Fsp3) is 0.429. The van der Waals surface area contributed by atoms with Crippen LogP contribution in [0.5, 0.6) is 0 Å². The molecule has 2 heterocycles. The number of rotatable bonds is 4. The maximum Gasteiger partial charge on any atom is 0.115 e. The molecule has 4 heteroatoms. The third-order valence-electron chi connectivity index (χ3n) is 3.37. The predicted molar refractivity (Wildman–Crippen MR) is 73.9 cm³/mol. The average Bonchev–Trinajstić information content (AvgIpc) is 2.97. The van der Waals surface area contributed by atoms with Crippen molar-refractivity contribution in [2.75, 3.05) is 6.54 Å². The van der Waals surface area contributed by atoms with Gasteiger partial charge in [0, 0.05) is 27.7 Å². The molecule has 0 spiro atoms. The highest BCUT2D eigenvalue weighted by molar-refractivity contribution is 7.12. The number of hydrogen-bond acceptors (Lipinski definition) is 4. The Balaban J connectivity index is 1.93. The topological polar surface area (TPSA) is 37.8 Å². The van der Waals surface area contributed by atoms with E-state index in [4.69, 9.17) is 0 Å². The Labute approximate surface area is 111 Å². The molecule has 18 heavy (non-hydrogen) atoms. The number of hydrogen-bond donors (Lipinski definition) is 1. The van der Waals surface area contributed by atoms with Crippen LogP contribution in [0, 0.1) is 0 Å². The first-order valence-electron chi connectivity index (χ1n) is 6.48. The van der Waals surface area contributed by atoms with Gasteiger partial charge in [-0.3, -0.25) is 0 Å². The molecule has 0 saturated heterocycles. The lowest BCUT2D eigenvalue weighted by Gasteiger charge is -2.16. The molecule has 2 aromatic rings. The summed E-state index contributed by atoms with van der Waals surface area (Å²) in [6.07, 6.45) is 9.22. The van der Waals surface area contributed by atoms with E-state index < -0.39 is 0 Å². The van der Waals surface area contributed by atoms with Crippen molar-refractivity contribution >= 4 is 11.3 Å². The lowest BCUT2D eigenvalue weighted by atomic mass is 10.1. The lowest BCUT2D eigenvalue weighted by Crippen LogP contribution is -2.21. The van der Waals surface area contributed by atoms with Crippen LogP contribution < -0.4 is 5.32 Å². The zero-order valence-corrected chi connectivity index (χ0v) is 11.3. The van der Waals surface area contributed by atoms with Crippen LogP contribution >= 0.6 is 11.3 Å². The summed E-state index contributed by atoms with van der Waals surface area (Å²) in [5.74, 6) is 0. The van der Waals surface area contributed by atoms with Gasteiger partial charge in [-0.1, -0.05) is 6.92 Å². The zero-order valence-electron chi connectivity index (χ0n) is 10.5. The third-order valence-corrected chi connectivity index (χ3v) is 4.67. The molecule has 1 aliphatic rings. The Morgan fingerprint density at radius 1 is 1.33 bits per heavy atom. The molecule has 1 atom stereocenters. The van der Waals surface area contributed by atoms with Crippen LogP contribution in [0.25, 0.3) is 0 Å². The third kappa shape index (κ3) is 2.18. The molecular weight excluding hydrogens is 242 g/mol. The Hall–Kier alpha value is -1.26. The highest BCUT2D eigenvalue weighted by Crippen LogP contribution is 2.35. The number of aromatic nitrogens is 2. The van der Waals surface area contributed by atoms with Crippen molar-refractivity contribution < 1.29 is 0 Å². The fourth-order valence-corrected chi connectivity index (χ4v) is 3.90. The number of nitrogens with one attached hydrogen (secondary N) is 1. The Kier molecular flexibility index (Phi) is 3.39. The molecular formula is C14H17N3S. The first-order chi connectivity index (χ1) is 8.88. The van der Waals surface area contributed by atoms with Gasteiger partial charge in [0.15, 0.2) is 0 Å². The summed E-state index contributed by atoms with van der Waals surface area (Å²) in [6, 6.07) is 2.61. The van der Waals surface area contributed by atoms with Gasteiger partial charge in [0.25, 0.3) is 0 Å². The second-order valence-corrected chi connectivity index (χ2v) is 5.78. The largest absolute Gasteiger partial charge is 0.306 e. The van der Waals surface area contributed by atoms with Crippen LogP contribution in [-0.4, -0.2) is 16.5 Å². The molecule has 0 saturated carbocycles. The minimum Gasteiger partial charge on any atom is -0.306 e. The average molecular weight is 259 g/mol. The molecule has 0 amide bonds. The van der Waals surface area contributed by atoms with Crippen LogP contribution in [-0.2, 0) is 12.8 Å². The van der Waals surface area contributed by atoms with E-state index in [9.17, 15) is 0 Å². The molecule has 0 aliphatic heterocycles. The lowest BCUT2D eigenvalue weighted by molar-refractivity contribution is 0.634. The molecule has 1 aliphatic carbocycles. The van der Waals surface area contributed by atoms with E-state index >= 15 is 0 Å². The smallest absolute Gasteiger partial charge is 0.115 e. The number of aryl methyl sites for hydroxylation is 2. The van der Waals surface area contributed by atoms with Crippen molar-refractivity contribution in [1.29, 1.82) is 0 Å². The highest BCUT2D eigenvalue weighted by atomic mass is 32.1. The van der Waals surface area contributed by atoms with E-state index in [1.54, 1.807) is 16.8 Å². The van der Waals surface area contributed by atoms with Crippen LogP contribution in [0.1, 0.15) is 40.3 Å². The second-order valence-electron chi connectivity index (χ2n) is 4.61. The van der Waals surface area contributed by atoms with Crippen molar-refractivity contribution in [3.8, 4) is 0 Å². The maximum absolute atomic E-state index is 4.13. The van der Waals surface area contributed by atoms with Crippen LogP contribution in [0.3, 0.4) is 0 Å². The molecule has 1 N–H and O–H groups in total. The minimum atomic E-state index is 0.242. The zero-order chi connectivity index (χ0) is 12.4. The van der Waals surface area contributed by atoms with Gasteiger partial charge in [0.05, 0.1) is 6.04 Å². The summed E-state index contributed by atoms with van der Waals surface area (Å²) in [5.41, 5.74) is 2.70. The van der Waals surface area contributed by atoms with Crippen molar-refractivity contribution in [3.05, 3.63) is 45.7 Å². The van der Waals surface area contributed by atoms with E-state index in [0.717, 1.165) is 12.1 Å². The van der Waals surface area contributed by atoms with Gasteiger partial charge in [0.1, 0.15) is 6.33 Å². The number of fused-ring (bicyclic) bond motifs is 1. The van der Waals surface area contributed by atoms with E-state index in [0.29, 0.717) is 0 Å². The molecule has 0 bridgehead atoms. The molecule has 0 aromatic carbocycles. The van der Waals surface area contributed by atoms with Crippen LogP contribution in [0.2, 0.25) is 0 Å². The fourth-order valence-electron chi connectivity index (χ4n) is 2.54. The van der Waals surface area contributed by atoms with Crippen molar-refractivity contribution in [2.24, 2.45) is 0 Å². The first-order valence-corrected chi connectivity index (χ1v) is 7.30. The monoisotopic (exact) mass is 259 g/mol. The summed E-state index contributed by atoms with van der Waals surface area (Å²) in [7, 11) is 0. The summed E-state index contributed by atoms with van der Waals surface area (Å²) < 4.78 is 0. The summed E-state index contributed by atoms with van der Waals surface area (Å²) in [4.78, 5) is 11.2. The molecule has 1 unspecified atom stereocenters. The van der Waals surface area contributed by atoms with Crippen molar-refractivity contribution in [1.82, 2.24) is 15.3 Å². The normalized spacial score (nSPS) is 15.6. The SMILES string of the molecule is CCNC(c1cncnc1)c1cc2c(s1)CCC2. The van der Waals surface area contributed by atoms with Gasteiger partial charge < -0.3 is 5.32 Å². The molecule has 94 valence electrons. The molecule has 0 fully saturated rings. The minimum absolute atomic E-state index is 0.242. The first kappa shape index (κ1) is 11.8. The van der Waals surface area contributed by atoms with Gasteiger partial charge in [-0.25, -0.2) is 9.97 Å². The number of thiophene rings is 1. The molecule has 3 rings (SSSR count). The van der Waals surface area contributed by atoms with E-state index in [2.05, 4.69) is 28.3 Å². The quantitative estimate of drug-likeness (QED) is 0.917. The highest BCUT2D eigenvalue weighted by Gasteiger charge is 2.21. The molecule has 2 aromatic heterocycles. The number of nitrogens with zero attached hydrogens (tertiary/aromatic N) is 2.